The third-order valence-electron chi connectivity index (χ3n) is 4.86. The number of aryl methyl sites for hydroxylation is 1. The number of carbonyl (C=O) groups is 2. The molecule has 0 aromatic heterocycles. The Morgan fingerprint density at radius 2 is 1.96 bits per heavy atom. The van der Waals surface area contributed by atoms with Crippen LogP contribution in [0.4, 0.5) is 10.5 Å². The summed E-state index contributed by atoms with van der Waals surface area (Å²) in [7, 11) is 0. The van der Waals surface area contributed by atoms with E-state index >= 15 is 0 Å². The Morgan fingerprint density at radius 3 is 2.65 bits per heavy atom. The van der Waals surface area contributed by atoms with Crippen molar-refractivity contribution in [1.82, 2.24) is 10.2 Å². The molecule has 1 N–H and O–H groups in total. The number of nitrogens with zero attached hydrogens (tertiary/aromatic N) is 2. The van der Waals surface area contributed by atoms with Gasteiger partial charge in [-0.15, -0.1) is 0 Å². The van der Waals surface area contributed by atoms with Gasteiger partial charge in [0.2, 0.25) is 5.91 Å². The Morgan fingerprint density at radius 1 is 1.22 bits per heavy atom. The van der Waals surface area contributed by atoms with Crippen molar-refractivity contribution in [2.75, 3.05) is 18.0 Å². The van der Waals surface area contributed by atoms with Gasteiger partial charge in [-0.3, -0.25) is 4.79 Å². The van der Waals surface area contributed by atoms with E-state index in [0.717, 1.165) is 25.1 Å². The van der Waals surface area contributed by atoms with Crippen molar-refractivity contribution in [3.05, 3.63) is 29.8 Å². The number of rotatable bonds is 2. The number of carbonyl (C=O) groups excluding carboxylic acids is 2. The van der Waals surface area contributed by atoms with Gasteiger partial charge in [-0.05, 0) is 45.2 Å². The molecule has 2 aliphatic rings. The smallest absolute Gasteiger partial charge is 0.317 e. The zero-order valence-electron chi connectivity index (χ0n) is 13.9. The van der Waals surface area contributed by atoms with Gasteiger partial charge in [0.1, 0.15) is 0 Å². The zero-order valence-corrected chi connectivity index (χ0v) is 13.9. The highest BCUT2D eigenvalue weighted by atomic mass is 16.2. The lowest BCUT2D eigenvalue weighted by Gasteiger charge is -2.34. The van der Waals surface area contributed by atoms with E-state index in [-0.39, 0.29) is 24.0 Å². The van der Waals surface area contributed by atoms with E-state index in [9.17, 15) is 9.59 Å². The maximum Gasteiger partial charge on any atom is 0.317 e. The van der Waals surface area contributed by atoms with Crippen LogP contribution in [0.5, 0.6) is 0 Å². The first-order valence-corrected chi connectivity index (χ1v) is 8.49. The van der Waals surface area contributed by atoms with E-state index in [1.807, 2.05) is 36.1 Å². The highest BCUT2D eigenvalue weighted by Gasteiger charge is 2.33. The van der Waals surface area contributed by atoms with Gasteiger partial charge in [0, 0.05) is 31.2 Å². The van der Waals surface area contributed by atoms with E-state index in [1.54, 1.807) is 4.90 Å². The van der Waals surface area contributed by atoms with Crippen molar-refractivity contribution in [2.24, 2.45) is 0 Å². The first-order valence-electron chi connectivity index (χ1n) is 8.49. The Hall–Kier alpha value is -2.04. The maximum absolute atomic E-state index is 12.4. The fourth-order valence-electron chi connectivity index (χ4n) is 3.44. The predicted octanol–water partition coefficient (Wildman–Crippen LogP) is 2.68. The van der Waals surface area contributed by atoms with E-state index < -0.39 is 0 Å². The van der Waals surface area contributed by atoms with Crippen LogP contribution in [0.15, 0.2) is 24.3 Å². The Kier molecular flexibility index (Phi) is 4.55. The second-order valence-corrected chi connectivity index (χ2v) is 6.73. The van der Waals surface area contributed by atoms with Gasteiger partial charge in [0.15, 0.2) is 0 Å². The van der Waals surface area contributed by atoms with Crippen LogP contribution in [0.3, 0.4) is 0 Å². The molecule has 3 rings (SSSR count). The van der Waals surface area contributed by atoms with E-state index in [1.165, 1.54) is 12.0 Å². The van der Waals surface area contributed by atoms with Crippen molar-refractivity contribution in [3.8, 4) is 0 Å². The SMILES string of the molecule is Cc1ccc(N2C[C@H](NC(=O)N3CCCC[C@H]3C)CC2=O)cc1. The molecule has 0 radical (unpaired) electrons. The number of amides is 3. The molecule has 5 nitrogen and oxygen atoms in total. The third kappa shape index (κ3) is 3.49. The summed E-state index contributed by atoms with van der Waals surface area (Å²) in [4.78, 5) is 28.4. The molecular weight excluding hydrogens is 290 g/mol. The molecule has 3 amide bonds. The summed E-state index contributed by atoms with van der Waals surface area (Å²) < 4.78 is 0. The maximum atomic E-state index is 12.4. The fraction of sp³-hybridized carbons (Fsp3) is 0.556. The number of likely N-dealkylation sites (tertiary alicyclic amines) is 1. The molecular formula is C18H25N3O2. The van der Waals surface area contributed by atoms with Crippen molar-refractivity contribution >= 4 is 17.6 Å². The van der Waals surface area contributed by atoms with Crippen LogP contribution in [0.25, 0.3) is 0 Å². The predicted molar refractivity (Wildman–Crippen MR) is 90.5 cm³/mol. The normalized spacial score (nSPS) is 24.9. The molecule has 2 fully saturated rings. The van der Waals surface area contributed by atoms with E-state index in [2.05, 4.69) is 12.2 Å². The Bertz CT molecular complexity index is 584. The number of piperidine rings is 1. The standard InChI is InChI=1S/C18H25N3O2/c1-13-6-8-16(9-7-13)21-12-15(11-17(21)22)19-18(23)20-10-4-3-5-14(20)2/h6-9,14-15H,3-5,10-12H2,1-2H3,(H,19,23)/t14-,15-/m1/s1. The zero-order chi connectivity index (χ0) is 16.4. The molecule has 23 heavy (non-hydrogen) atoms. The van der Waals surface area contributed by atoms with Crippen molar-refractivity contribution in [1.29, 1.82) is 0 Å². The molecule has 2 heterocycles. The fourth-order valence-corrected chi connectivity index (χ4v) is 3.44. The van der Waals surface area contributed by atoms with Gasteiger partial charge in [-0.1, -0.05) is 17.7 Å². The summed E-state index contributed by atoms with van der Waals surface area (Å²) in [5.41, 5.74) is 2.08. The second kappa shape index (κ2) is 6.60. The molecule has 0 aliphatic carbocycles. The van der Waals surface area contributed by atoms with Gasteiger partial charge in [0.05, 0.1) is 6.04 Å². The average molecular weight is 315 g/mol. The number of nitrogens with one attached hydrogen (secondary N) is 1. The molecule has 0 bridgehead atoms. The summed E-state index contributed by atoms with van der Waals surface area (Å²) in [6.45, 7) is 5.49. The van der Waals surface area contributed by atoms with Gasteiger partial charge >= 0.3 is 6.03 Å². The van der Waals surface area contributed by atoms with Gasteiger partial charge in [0.25, 0.3) is 0 Å². The number of urea groups is 1. The van der Waals surface area contributed by atoms with Crippen LogP contribution >= 0.6 is 0 Å². The number of anilines is 1. The Balaban J connectivity index is 1.61. The first kappa shape index (κ1) is 15.8. The largest absolute Gasteiger partial charge is 0.333 e. The van der Waals surface area contributed by atoms with Crippen LogP contribution in [0, 0.1) is 6.92 Å². The minimum atomic E-state index is -0.106. The van der Waals surface area contributed by atoms with Crippen molar-refractivity contribution < 1.29 is 9.59 Å². The summed E-state index contributed by atoms with van der Waals surface area (Å²) in [5, 5.41) is 3.05. The molecule has 2 aliphatic heterocycles. The van der Waals surface area contributed by atoms with Gasteiger partial charge in [-0.2, -0.15) is 0 Å². The number of hydrogen-bond donors (Lipinski definition) is 1. The van der Waals surface area contributed by atoms with Crippen LogP contribution in [0.2, 0.25) is 0 Å². The minimum Gasteiger partial charge on any atom is -0.333 e. The molecule has 1 aromatic carbocycles. The van der Waals surface area contributed by atoms with Crippen molar-refractivity contribution in [3.63, 3.8) is 0 Å². The molecule has 5 heteroatoms. The lowest BCUT2D eigenvalue weighted by Crippen LogP contribution is -2.50. The summed E-state index contributed by atoms with van der Waals surface area (Å²) >= 11 is 0. The average Bonchev–Trinajstić information content (AvgIpc) is 2.89. The third-order valence-corrected chi connectivity index (χ3v) is 4.86. The van der Waals surface area contributed by atoms with E-state index in [0.29, 0.717) is 13.0 Å². The monoisotopic (exact) mass is 315 g/mol. The molecule has 124 valence electrons. The summed E-state index contributed by atoms with van der Waals surface area (Å²) in [5.74, 6) is 0.0749. The molecule has 1 aromatic rings. The highest BCUT2D eigenvalue weighted by molar-refractivity contribution is 5.96. The molecule has 2 atom stereocenters. The van der Waals surface area contributed by atoms with Crippen molar-refractivity contribution in [2.45, 2.75) is 51.6 Å². The van der Waals surface area contributed by atoms with Gasteiger partial charge < -0.3 is 15.1 Å². The summed E-state index contributed by atoms with van der Waals surface area (Å²) in [6.07, 6.45) is 3.69. The quantitative estimate of drug-likeness (QED) is 0.912. The Labute approximate surface area is 137 Å². The van der Waals surface area contributed by atoms with Crippen LogP contribution < -0.4 is 10.2 Å². The number of hydrogen-bond acceptors (Lipinski definition) is 2. The lowest BCUT2D eigenvalue weighted by atomic mass is 10.0. The molecule has 0 saturated carbocycles. The molecule has 0 spiro atoms. The summed E-state index contributed by atoms with van der Waals surface area (Å²) in [6, 6.07) is 8.09. The molecule has 2 saturated heterocycles. The van der Waals surface area contributed by atoms with Crippen LogP contribution in [0.1, 0.15) is 38.2 Å². The van der Waals surface area contributed by atoms with Gasteiger partial charge in [-0.25, -0.2) is 4.79 Å². The highest BCUT2D eigenvalue weighted by Crippen LogP contribution is 2.23. The minimum absolute atomic E-state index is 0.0271. The van der Waals surface area contributed by atoms with Crippen LogP contribution in [-0.2, 0) is 4.79 Å². The topological polar surface area (TPSA) is 52.7 Å². The number of benzene rings is 1. The first-order chi connectivity index (χ1) is 11.0. The lowest BCUT2D eigenvalue weighted by molar-refractivity contribution is -0.117. The van der Waals surface area contributed by atoms with Crippen LogP contribution in [-0.4, -0.2) is 42.0 Å². The van der Waals surface area contributed by atoms with E-state index in [4.69, 9.17) is 0 Å². The second-order valence-electron chi connectivity index (χ2n) is 6.73. The molecule has 0 unspecified atom stereocenters.